The Bertz CT molecular complexity index is 641. The molecule has 2 bridgehead atoms. The number of likely N-dealkylation sites (N-methyl/N-ethyl adjacent to an activating group) is 1. The van der Waals surface area contributed by atoms with Gasteiger partial charge in [0, 0.05) is 24.3 Å². The first-order valence-corrected chi connectivity index (χ1v) is 9.36. The maximum absolute atomic E-state index is 12.2. The minimum absolute atomic E-state index is 0.0169. The average Bonchev–Trinajstić information content (AvgIpc) is 2.54. The van der Waals surface area contributed by atoms with E-state index in [1.165, 1.54) is 11.1 Å². The third-order valence-electron chi connectivity index (χ3n) is 7.05. The fourth-order valence-electron chi connectivity index (χ4n) is 5.23. The molecule has 0 spiro atoms. The summed E-state index contributed by atoms with van der Waals surface area (Å²) in [5.41, 5.74) is 2.74. The van der Waals surface area contributed by atoms with Crippen molar-refractivity contribution in [2.75, 3.05) is 13.6 Å². The molecule has 1 N–H and O–H groups in total. The summed E-state index contributed by atoms with van der Waals surface area (Å²) < 4.78 is 0. The van der Waals surface area contributed by atoms with E-state index in [0.717, 1.165) is 32.2 Å². The van der Waals surface area contributed by atoms with E-state index in [9.17, 15) is 9.90 Å². The molecular weight excluding hydrogens is 298 g/mol. The lowest BCUT2D eigenvalue weighted by atomic mass is 9.49. The monoisotopic (exact) mass is 329 g/mol. The van der Waals surface area contributed by atoms with Crippen LogP contribution in [0.1, 0.15) is 64.0 Å². The Kier molecular flexibility index (Phi) is 4.50. The highest BCUT2D eigenvalue weighted by atomic mass is 16.3. The van der Waals surface area contributed by atoms with E-state index in [2.05, 4.69) is 38.8 Å². The van der Waals surface area contributed by atoms with Crippen LogP contribution in [-0.2, 0) is 16.6 Å². The fourth-order valence-corrected chi connectivity index (χ4v) is 5.23. The number of piperidine rings is 1. The highest BCUT2D eigenvalue weighted by Gasteiger charge is 2.57. The van der Waals surface area contributed by atoms with Crippen LogP contribution in [-0.4, -0.2) is 35.4 Å². The van der Waals surface area contributed by atoms with Gasteiger partial charge in [-0.3, -0.25) is 4.79 Å². The summed E-state index contributed by atoms with van der Waals surface area (Å²) in [4.78, 5) is 14.7. The second-order valence-corrected chi connectivity index (χ2v) is 8.33. The van der Waals surface area contributed by atoms with E-state index in [0.29, 0.717) is 30.4 Å². The number of hydrogen-bond donors (Lipinski definition) is 1. The van der Waals surface area contributed by atoms with E-state index in [1.54, 1.807) is 0 Å². The molecule has 0 radical (unpaired) electrons. The van der Waals surface area contributed by atoms with E-state index < -0.39 is 0 Å². The van der Waals surface area contributed by atoms with E-state index in [4.69, 9.17) is 0 Å². The Balaban J connectivity index is 2.00. The van der Waals surface area contributed by atoms with Crippen molar-refractivity contribution in [2.45, 2.75) is 70.8 Å². The van der Waals surface area contributed by atoms with Crippen molar-refractivity contribution >= 4 is 5.78 Å². The SMILES string of the molecule is CCCC(=O)CC[C@]1(C)C2Cc3ccc(O)cc3[C@@]1(C)CCN2C. The number of phenols is 1. The van der Waals surface area contributed by atoms with Crippen LogP contribution in [0.25, 0.3) is 0 Å². The van der Waals surface area contributed by atoms with Crippen molar-refractivity contribution in [3.63, 3.8) is 0 Å². The van der Waals surface area contributed by atoms with Crippen LogP contribution in [0.3, 0.4) is 0 Å². The van der Waals surface area contributed by atoms with Gasteiger partial charge in [0.2, 0.25) is 0 Å². The number of Topliss-reactive ketones (excluding diaryl/α,β-unsaturated/α-hetero) is 1. The predicted molar refractivity (Wildman–Crippen MR) is 97.5 cm³/mol. The molecule has 1 saturated heterocycles. The third-order valence-corrected chi connectivity index (χ3v) is 7.05. The van der Waals surface area contributed by atoms with Crippen molar-refractivity contribution < 1.29 is 9.90 Å². The summed E-state index contributed by atoms with van der Waals surface area (Å²) >= 11 is 0. The van der Waals surface area contributed by atoms with Crippen LogP contribution in [0.15, 0.2) is 18.2 Å². The molecule has 3 rings (SSSR count). The first kappa shape index (κ1) is 17.5. The molecule has 3 nitrogen and oxygen atoms in total. The quantitative estimate of drug-likeness (QED) is 0.885. The molecule has 1 aromatic carbocycles. The molecule has 3 heteroatoms. The smallest absolute Gasteiger partial charge is 0.132 e. The molecule has 1 fully saturated rings. The summed E-state index contributed by atoms with van der Waals surface area (Å²) in [6.45, 7) is 7.88. The third kappa shape index (κ3) is 2.57. The molecule has 1 aliphatic heterocycles. The van der Waals surface area contributed by atoms with Gasteiger partial charge in [0.05, 0.1) is 0 Å². The minimum atomic E-state index is 0.0169. The molecule has 1 aliphatic carbocycles. The molecule has 24 heavy (non-hydrogen) atoms. The molecule has 1 unspecified atom stereocenters. The number of ketones is 1. The Morgan fingerprint density at radius 1 is 1.33 bits per heavy atom. The van der Waals surface area contributed by atoms with Crippen molar-refractivity contribution in [3.05, 3.63) is 29.3 Å². The lowest BCUT2D eigenvalue weighted by Crippen LogP contribution is -2.64. The standard InChI is InChI=1S/C21H31NO2/c1-5-6-16(23)9-10-21(3)19-13-15-7-8-17(24)14-18(15)20(21,2)11-12-22(19)4/h7-8,14,19,24H,5-6,9-13H2,1-4H3/t19?,20-,21-/m1/s1. The molecule has 2 aliphatic rings. The van der Waals surface area contributed by atoms with Crippen LogP contribution in [0.4, 0.5) is 0 Å². The maximum Gasteiger partial charge on any atom is 0.132 e. The molecule has 132 valence electrons. The van der Waals surface area contributed by atoms with Crippen LogP contribution in [0, 0.1) is 5.41 Å². The normalized spacial score (nSPS) is 32.4. The Hall–Kier alpha value is -1.35. The van der Waals surface area contributed by atoms with Crippen LogP contribution in [0.2, 0.25) is 0 Å². The molecular formula is C21H31NO2. The number of carbonyl (C=O) groups excluding carboxylic acids is 1. The summed E-state index contributed by atoms with van der Waals surface area (Å²) in [5, 5.41) is 10.0. The van der Waals surface area contributed by atoms with Gasteiger partial charge < -0.3 is 10.0 Å². The van der Waals surface area contributed by atoms with E-state index >= 15 is 0 Å². The Morgan fingerprint density at radius 2 is 2.08 bits per heavy atom. The predicted octanol–water partition coefficient (Wildman–Crippen LogP) is 4.07. The number of carbonyl (C=O) groups is 1. The van der Waals surface area contributed by atoms with Gasteiger partial charge in [-0.25, -0.2) is 0 Å². The van der Waals surface area contributed by atoms with Gasteiger partial charge in [-0.15, -0.1) is 0 Å². The molecule has 1 heterocycles. The lowest BCUT2D eigenvalue weighted by molar-refractivity contribution is -0.121. The van der Waals surface area contributed by atoms with Crippen molar-refractivity contribution in [3.8, 4) is 5.75 Å². The number of nitrogens with zero attached hydrogens (tertiary/aromatic N) is 1. The fraction of sp³-hybridized carbons (Fsp3) is 0.667. The number of likely N-dealkylation sites (tertiary alicyclic amines) is 1. The van der Waals surface area contributed by atoms with Gasteiger partial charge >= 0.3 is 0 Å². The number of fused-ring (bicyclic) bond motifs is 4. The second kappa shape index (κ2) is 6.18. The van der Waals surface area contributed by atoms with Crippen LogP contribution < -0.4 is 0 Å². The lowest BCUT2D eigenvalue weighted by Gasteiger charge is -2.62. The zero-order chi connectivity index (χ0) is 17.5. The van der Waals surface area contributed by atoms with Gasteiger partial charge in [0.1, 0.15) is 11.5 Å². The maximum atomic E-state index is 12.2. The average molecular weight is 329 g/mol. The number of rotatable bonds is 5. The summed E-state index contributed by atoms with van der Waals surface area (Å²) in [6.07, 6.45) is 5.34. The first-order chi connectivity index (χ1) is 11.3. The Morgan fingerprint density at radius 3 is 2.79 bits per heavy atom. The number of benzene rings is 1. The summed E-state index contributed by atoms with van der Waals surface area (Å²) in [6, 6.07) is 6.34. The molecule has 0 saturated carbocycles. The minimum Gasteiger partial charge on any atom is -0.508 e. The summed E-state index contributed by atoms with van der Waals surface area (Å²) in [5.74, 6) is 0.751. The first-order valence-electron chi connectivity index (χ1n) is 9.36. The van der Waals surface area contributed by atoms with E-state index in [-0.39, 0.29) is 10.8 Å². The highest BCUT2D eigenvalue weighted by molar-refractivity contribution is 5.78. The zero-order valence-corrected chi connectivity index (χ0v) is 15.6. The van der Waals surface area contributed by atoms with E-state index in [1.807, 2.05) is 12.1 Å². The van der Waals surface area contributed by atoms with Crippen molar-refractivity contribution in [2.24, 2.45) is 5.41 Å². The van der Waals surface area contributed by atoms with Gasteiger partial charge in [-0.2, -0.15) is 0 Å². The van der Waals surface area contributed by atoms with Gasteiger partial charge in [0.15, 0.2) is 0 Å². The van der Waals surface area contributed by atoms with Gasteiger partial charge in [0.25, 0.3) is 0 Å². The molecule has 0 aromatic heterocycles. The highest BCUT2D eigenvalue weighted by Crippen LogP contribution is 2.58. The molecule has 0 amide bonds. The zero-order valence-electron chi connectivity index (χ0n) is 15.6. The van der Waals surface area contributed by atoms with Gasteiger partial charge in [-0.1, -0.05) is 26.8 Å². The molecule has 1 aromatic rings. The van der Waals surface area contributed by atoms with Crippen molar-refractivity contribution in [1.82, 2.24) is 4.90 Å². The van der Waals surface area contributed by atoms with Crippen LogP contribution in [0.5, 0.6) is 5.75 Å². The van der Waals surface area contributed by atoms with Crippen molar-refractivity contribution in [1.29, 1.82) is 0 Å². The van der Waals surface area contributed by atoms with Crippen LogP contribution >= 0.6 is 0 Å². The summed E-state index contributed by atoms with van der Waals surface area (Å²) in [7, 11) is 2.22. The number of phenolic OH excluding ortho intramolecular Hbond substituents is 1. The van der Waals surface area contributed by atoms with Gasteiger partial charge in [-0.05, 0) is 68.0 Å². The topological polar surface area (TPSA) is 40.5 Å². The number of hydrogen-bond acceptors (Lipinski definition) is 3. The number of aromatic hydroxyl groups is 1. The largest absolute Gasteiger partial charge is 0.508 e. The Labute approximate surface area is 146 Å². The second-order valence-electron chi connectivity index (χ2n) is 8.33. The molecule has 3 atom stereocenters.